The van der Waals surface area contributed by atoms with Crippen molar-refractivity contribution in [2.24, 2.45) is 4.99 Å². The number of nitrogens with zero attached hydrogens (tertiary/aromatic N) is 1. The maximum absolute atomic E-state index is 5.57. The molecule has 0 amide bonds. The highest BCUT2D eigenvalue weighted by Crippen LogP contribution is 2.20. The van der Waals surface area contributed by atoms with Crippen LogP contribution in [-0.2, 0) is 4.74 Å². The van der Waals surface area contributed by atoms with Crippen LogP contribution in [0.5, 0.6) is 0 Å². The van der Waals surface area contributed by atoms with Crippen molar-refractivity contribution >= 4 is 5.90 Å². The lowest BCUT2D eigenvalue weighted by Gasteiger charge is -2.07. The lowest BCUT2D eigenvalue weighted by atomic mass is 10.1. The van der Waals surface area contributed by atoms with E-state index in [2.05, 4.69) is 30.7 Å². The highest BCUT2D eigenvalue weighted by Gasteiger charge is 2.26. The highest BCUT2D eigenvalue weighted by molar-refractivity contribution is 5.95. The maximum Gasteiger partial charge on any atom is 0.216 e. The Morgan fingerprint density at radius 1 is 1.25 bits per heavy atom. The predicted octanol–water partition coefficient (Wildman–Crippen LogP) is 2.61. The second-order valence-corrected chi connectivity index (χ2v) is 4.47. The number of aliphatic imine (C=N–C) groups is 1. The van der Waals surface area contributed by atoms with Gasteiger partial charge >= 0.3 is 0 Å². The number of hydrogen-bond donors (Lipinski definition) is 0. The lowest BCUT2D eigenvalue weighted by molar-refractivity contribution is 0.279. The number of ether oxygens (including phenoxy) is 1. The van der Waals surface area contributed by atoms with Crippen molar-refractivity contribution in [1.82, 2.24) is 0 Å². The molecule has 0 spiro atoms. The molecule has 1 aliphatic rings. The fourth-order valence-electron chi connectivity index (χ4n) is 1.57. The van der Waals surface area contributed by atoms with Gasteiger partial charge in [0.05, 0.1) is 5.54 Å². The van der Waals surface area contributed by atoms with Crippen molar-refractivity contribution in [3.05, 3.63) is 35.4 Å². The summed E-state index contributed by atoms with van der Waals surface area (Å²) in [5.41, 5.74) is 1.94. The van der Waals surface area contributed by atoms with Gasteiger partial charge in [-0.2, -0.15) is 0 Å². The van der Waals surface area contributed by atoms with E-state index in [0.717, 1.165) is 17.0 Å². The molecule has 2 rings (SSSR count). The summed E-state index contributed by atoms with van der Waals surface area (Å²) < 4.78 is 5.57. The molecule has 1 heterocycles. The normalized spacial score (nSPS) is 17.1. The average Bonchev–Trinajstić information content (AvgIpc) is 2.61. The second-order valence-electron chi connectivity index (χ2n) is 4.47. The van der Waals surface area contributed by atoms with Crippen LogP contribution < -0.4 is 0 Å². The zero-order valence-electron chi connectivity index (χ0n) is 9.87. The molecule has 2 heteroatoms. The predicted molar refractivity (Wildman–Crippen MR) is 65.6 cm³/mol. The first-order chi connectivity index (χ1) is 7.61. The Bertz CT molecular complexity index is 472. The fraction of sp³-hybridized carbons (Fsp3) is 0.357. The van der Waals surface area contributed by atoms with E-state index in [-0.39, 0.29) is 5.54 Å². The molecule has 0 bridgehead atoms. The standard InChI is InChI=1S/C14H15NO/c1-4-5-11-6-8-12(9-7-11)13-15-14(2,3)10-16-13/h6-9H,10H2,1-3H3. The molecular formula is C14H15NO. The first-order valence-electron chi connectivity index (χ1n) is 5.36. The van der Waals surface area contributed by atoms with Gasteiger partial charge in [-0.1, -0.05) is 5.92 Å². The van der Waals surface area contributed by atoms with Gasteiger partial charge in [0, 0.05) is 11.1 Å². The van der Waals surface area contributed by atoms with Gasteiger partial charge in [-0.15, -0.1) is 5.92 Å². The van der Waals surface area contributed by atoms with Gasteiger partial charge in [0.25, 0.3) is 0 Å². The van der Waals surface area contributed by atoms with Crippen molar-refractivity contribution < 1.29 is 4.74 Å². The molecule has 16 heavy (non-hydrogen) atoms. The quantitative estimate of drug-likeness (QED) is 0.657. The van der Waals surface area contributed by atoms with Crippen LogP contribution in [0.3, 0.4) is 0 Å². The molecule has 2 nitrogen and oxygen atoms in total. The van der Waals surface area contributed by atoms with Crippen LogP contribution in [0.4, 0.5) is 0 Å². The van der Waals surface area contributed by atoms with Crippen molar-refractivity contribution in [2.75, 3.05) is 6.61 Å². The smallest absolute Gasteiger partial charge is 0.216 e. The topological polar surface area (TPSA) is 21.6 Å². The minimum Gasteiger partial charge on any atom is -0.475 e. The van der Waals surface area contributed by atoms with E-state index in [4.69, 9.17) is 4.74 Å². The van der Waals surface area contributed by atoms with Crippen molar-refractivity contribution in [1.29, 1.82) is 0 Å². The third kappa shape index (κ3) is 2.25. The third-order valence-corrected chi connectivity index (χ3v) is 2.37. The van der Waals surface area contributed by atoms with Gasteiger partial charge in [-0.3, -0.25) is 0 Å². The molecule has 0 aliphatic carbocycles. The van der Waals surface area contributed by atoms with Gasteiger partial charge in [0.1, 0.15) is 6.61 Å². The van der Waals surface area contributed by atoms with Crippen LogP contribution in [0.25, 0.3) is 0 Å². The largest absolute Gasteiger partial charge is 0.475 e. The van der Waals surface area contributed by atoms with Crippen LogP contribution in [0, 0.1) is 11.8 Å². The van der Waals surface area contributed by atoms with E-state index in [1.165, 1.54) is 0 Å². The number of hydrogen-bond acceptors (Lipinski definition) is 2. The molecule has 0 fully saturated rings. The lowest BCUT2D eigenvalue weighted by Crippen LogP contribution is -2.17. The van der Waals surface area contributed by atoms with E-state index in [9.17, 15) is 0 Å². The summed E-state index contributed by atoms with van der Waals surface area (Å²) in [6.07, 6.45) is 0. The number of benzene rings is 1. The number of rotatable bonds is 1. The van der Waals surface area contributed by atoms with E-state index < -0.39 is 0 Å². The Labute approximate surface area is 96.4 Å². The molecule has 1 aromatic rings. The van der Waals surface area contributed by atoms with Crippen molar-refractivity contribution in [3.63, 3.8) is 0 Å². The average molecular weight is 213 g/mol. The first-order valence-corrected chi connectivity index (χ1v) is 5.36. The molecular weight excluding hydrogens is 198 g/mol. The van der Waals surface area contributed by atoms with Gasteiger partial charge in [0.2, 0.25) is 5.90 Å². The highest BCUT2D eigenvalue weighted by atomic mass is 16.5. The SMILES string of the molecule is CC#Cc1ccc(C2=NC(C)(C)CO2)cc1. The monoisotopic (exact) mass is 213 g/mol. The van der Waals surface area contributed by atoms with Gasteiger partial charge < -0.3 is 4.74 Å². The second kappa shape index (κ2) is 4.02. The summed E-state index contributed by atoms with van der Waals surface area (Å²) >= 11 is 0. The molecule has 0 saturated carbocycles. The molecule has 0 radical (unpaired) electrons. The Hall–Kier alpha value is -1.75. The van der Waals surface area contributed by atoms with Crippen molar-refractivity contribution in [2.45, 2.75) is 26.3 Å². The van der Waals surface area contributed by atoms with Crippen LogP contribution in [0.15, 0.2) is 29.3 Å². The molecule has 0 unspecified atom stereocenters. The summed E-state index contributed by atoms with van der Waals surface area (Å²) in [6.45, 7) is 6.62. The van der Waals surface area contributed by atoms with E-state index in [0.29, 0.717) is 6.61 Å². The summed E-state index contributed by atoms with van der Waals surface area (Å²) in [6, 6.07) is 7.98. The van der Waals surface area contributed by atoms with Crippen molar-refractivity contribution in [3.8, 4) is 11.8 Å². The van der Waals surface area contributed by atoms with Crippen LogP contribution in [0.2, 0.25) is 0 Å². The van der Waals surface area contributed by atoms with E-state index in [1.807, 2.05) is 31.2 Å². The Morgan fingerprint density at radius 2 is 1.94 bits per heavy atom. The van der Waals surface area contributed by atoms with Crippen LogP contribution in [-0.4, -0.2) is 18.0 Å². The van der Waals surface area contributed by atoms with E-state index in [1.54, 1.807) is 0 Å². The molecule has 1 aliphatic heterocycles. The first kappa shape index (κ1) is 10.8. The third-order valence-electron chi connectivity index (χ3n) is 2.37. The summed E-state index contributed by atoms with van der Waals surface area (Å²) in [7, 11) is 0. The Kier molecular flexibility index (Phi) is 2.70. The fourth-order valence-corrected chi connectivity index (χ4v) is 1.57. The molecule has 0 N–H and O–H groups in total. The Balaban J connectivity index is 2.25. The minimum absolute atomic E-state index is 0.1000. The summed E-state index contributed by atoms with van der Waals surface area (Å²) in [4.78, 5) is 4.52. The van der Waals surface area contributed by atoms with Gasteiger partial charge in [-0.25, -0.2) is 4.99 Å². The zero-order chi connectivity index (χ0) is 11.6. The molecule has 0 aromatic heterocycles. The summed E-state index contributed by atoms with van der Waals surface area (Å²) in [5.74, 6) is 6.62. The minimum atomic E-state index is -0.1000. The Morgan fingerprint density at radius 3 is 2.44 bits per heavy atom. The van der Waals surface area contributed by atoms with Crippen LogP contribution in [0.1, 0.15) is 31.9 Å². The van der Waals surface area contributed by atoms with E-state index >= 15 is 0 Å². The van der Waals surface area contributed by atoms with Gasteiger partial charge in [0.15, 0.2) is 0 Å². The molecule has 82 valence electrons. The molecule has 0 saturated heterocycles. The molecule has 1 aromatic carbocycles. The zero-order valence-corrected chi connectivity index (χ0v) is 9.87. The molecule has 0 atom stereocenters. The van der Waals surface area contributed by atoms with Crippen LogP contribution >= 0.6 is 0 Å². The maximum atomic E-state index is 5.57. The van der Waals surface area contributed by atoms with Gasteiger partial charge in [-0.05, 0) is 45.0 Å². The summed E-state index contributed by atoms with van der Waals surface area (Å²) in [5, 5.41) is 0.